The summed E-state index contributed by atoms with van der Waals surface area (Å²) in [5.74, 6) is 0.968. The highest BCUT2D eigenvalue weighted by Crippen LogP contribution is 2.10. The molecule has 0 bridgehead atoms. The molecule has 1 rings (SSSR count). The zero-order valence-electron chi connectivity index (χ0n) is 9.82. The Balaban J connectivity index is 2.40. The maximum Gasteiger partial charge on any atom is 0.149 e. The van der Waals surface area contributed by atoms with E-state index in [1.165, 1.54) is 6.42 Å². The van der Waals surface area contributed by atoms with Crippen molar-refractivity contribution in [3.8, 4) is 0 Å². The van der Waals surface area contributed by atoms with Gasteiger partial charge in [0, 0.05) is 32.5 Å². The molecular weight excluding hydrogens is 188 g/mol. The average Bonchev–Trinajstić information content (AvgIpc) is 2.25. The van der Waals surface area contributed by atoms with Gasteiger partial charge in [-0.3, -0.25) is 4.98 Å². The van der Waals surface area contributed by atoms with Gasteiger partial charge in [-0.25, -0.2) is 4.98 Å². The van der Waals surface area contributed by atoms with Crippen LogP contribution in [0.15, 0.2) is 12.4 Å². The number of likely N-dealkylation sites (N-methyl/N-ethyl adjacent to an activating group) is 1. The number of aromatic nitrogens is 2. The van der Waals surface area contributed by atoms with Gasteiger partial charge in [-0.05, 0) is 19.9 Å². The molecule has 0 aromatic carbocycles. The monoisotopic (exact) mass is 208 g/mol. The second kappa shape index (κ2) is 6.35. The van der Waals surface area contributed by atoms with Gasteiger partial charge >= 0.3 is 0 Å². The average molecular weight is 208 g/mol. The lowest BCUT2D eigenvalue weighted by Gasteiger charge is -2.19. The van der Waals surface area contributed by atoms with E-state index in [9.17, 15) is 0 Å². The van der Waals surface area contributed by atoms with Crippen LogP contribution >= 0.6 is 0 Å². The van der Waals surface area contributed by atoms with Crippen molar-refractivity contribution in [2.45, 2.75) is 20.3 Å². The Bertz CT molecular complexity index is 288. The van der Waals surface area contributed by atoms with E-state index >= 15 is 0 Å². The molecule has 0 aliphatic rings. The van der Waals surface area contributed by atoms with Gasteiger partial charge in [0.1, 0.15) is 5.82 Å². The molecule has 0 aliphatic carbocycles. The first kappa shape index (κ1) is 11.9. The molecule has 84 valence electrons. The van der Waals surface area contributed by atoms with Gasteiger partial charge in [0.25, 0.3) is 0 Å². The highest BCUT2D eigenvalue weighted by Gasteiger charge is 2.04. The molecule has 0 aliphatic heterocycles. The van der Waals surface area contributed by atoms with Crippen LogP contribution in [0.5, 0.6) is 0 Å². The van der Waals surface area contributed by atoms with Gasteiger partial charge in [0.15, 0.2) is 0 Å². The molecule has 0 saturated carbocycles. The Kier molecular flexibility index (Phi) is 5.04. The Hall–Kier alpha value is -1.16. The molecule has 1 aromatic heterocycles. The van der Waals surface area contributed by atoms with Crippen LogP contribution in [0, 0.1) is 6.92 Å². The molecule has 0 amide bonds. The quantitative estimate of drug-likeness (QED) is 0.714. The molecule has 0 unspecified atom stereocenters. The molecular formula is C11H20N4. The number of rotatable bonds is 6. The van der Waals surface area contributed by atoms with E-state index in [0.29, 0.717) is 0 Å². The summed E-state index contributed by atoms with van der Waals surface area (Å²) in [4.78, 5) is 10.7. The van der Waals surface area contributed by atoms with E-state index in [4.69, 9.17) is 0 Å². The number of aryl methyl sites for hydroxylation is 1. The summed E-state index contributed by atoms with van der Waals surface area (Å²) in [6, 6.07) is 0. The van der Waals surface area contributed by atoms with Crippen LogP contribution in [0.4, 0.5) is 5.82 Å². The summed E-state index contributed by atoms with van der Waals surface area (Å²) >= 11 is 0. The molecule has 0 spiro atoms. The molecule has 4 heteroatoms. The SMILES string of the molecule is CCCNCCN(C)c1nccnc1C. The number of nitrogens with zero attached hydrogens (tertiary/aromatic N) is 3. The van der Waals surface area contributed by atoms with Crippen molar-refractivity contribution in [2.24, 2.45) is 0 Å². The van der Waals surface area contributed by atoms with Crippen molar-refractivity contribution >= 4 is 5.82 Å². The Morgan fingerprint density at radius 3 is 2.67 bits per heavy atom. The maximum atomic E-state index is 4.31. The molecule has 1 heterocycles. The van der Waals surface area contributed by atoms with Crippen LogP contribution in [0.2, 0.25) is 0 Å². The summed E-state index contributed by atoms with van der Waals surface area (Å²) < 4.78 is 0. The second-order valence-electron chi connectivity index (χ2n) is 3.64. The van der Waals surface area contributed by atoms with E-state index < -0.39 is 0 Å². The topological polar surface area (TPSA) is 41.0 Å². The third kappa shape index (κ3) is 3.83. The highest BCUT2D eigenvalue weighted by atomic mass is 15.2. The molecule has 1 aromatic rings. The first-order chi connectivity index (χ1) is 7.25. The standard InChI is InChI=1S/C11H20N4/c1-4-5-12-8-9-15(3)11-10(2)13-6-7-14-11/h6-7,12H,4-5,8-9H2,1-3H3. The minimum absolute atomic E-state index is 0.958. The Morgan fingerprint density at radius 2 is 2.00 bits per heavy atom. The van der Waals surface area contributed by atoms with Gasteiger partial charge in [-0.15, -0.1) is 0 Å². The van der Waals surface area contributed by atoms with Crippen molar-refractivity contribution in [1.29, 1.82) is 0 Å². The fraction of sp³-hybridized carbons (Fsp3) is 0.636. The summed E-state index contributed by atoms with van der Waals surface area (Å²) in [7, 11) is 2.05. The lowest BCUT2D eigenvalue weighted by atomic mass is 10.4. The zero-order valence-corrected chi connectivity index (χ0v) is 9.82. The minimum atomic E-state index is 0.958. The Labute approximate surface area is 91.7 Å². The lowest BCUT2D eigenvalue weighted by molar-refractivity contribution is 0.663. The van der Waals surface area contributed by atoms with Crippen LogP contribution in [0.3, 0.4) is 0 Å². The highest BCUT2D eigenvalue weighted by molar-refractivity contribution is 5.40. The van der Waals surface area contributed by atoms with Gasteiger partial charge in [-0.2, -0.15) is 0 Å². The molecule has 15 heavy (non-hydrogen) atoms. The van der Waals surface area contributed by atoms with E-state index in [1.54, 1.807) is 12.4 Å². The minimum Gasteiger partial charge on any atom is -0.357 e. The largest absolute Gasteiger partial charge is 0.357 e. The van der Waals surface area contributed by atoms with Gasteiger partial charge < -0.3 is 10.2 Å². The first-order valence-corrected chi connectivity index (χ1v) is 5.45. The fourth-order valence-corrected chi connectivity index (χ4v) is 1.43. The van der Waals surface area contributed by atoms with E-state index in [-0.39, 0.29) is 0 Å². The van der Waals surface area contributed by atoms with Gasteiger partial charge in [-0.1, -0.05) is 6.92 Å². The third-order valence-corrected chi connectivity index (χ3v) is 2.27. The van der Waals surface area contributed by atoms with E-state index in [1.807, 2.05) is 14.0 Å². The summed E-state index contributed by atoms with van der Waals surface area (Å²) in [5, 5.41) is 3.37. The molecule has 4 nitrogen and oxygen atoms in total. The van der Waals surface area contributed by atoms with Crippen LogP contribution in [0.25, 0.3) is 0 Å². The summed E-state index contributed by atoms with van der Waals surface area (Å²) in [6.07, 6.45) is 4.63. The number of anilines is 1. The van der Waals surface area contributed by atoms with Crippen molar-refractivity contribution < 1.29 is 0 Å². The smallest absolute Gasteiger partial charge is 0.149 e. The summed E-state index contributed by atoms with van der Waals surface area (Å²) in [5.41, 5.74) is 0.982. The fourth-order valence-electron chi connectivity index (χ4n) is 1.43. The van der Waals surface area contributed by atoms with Crippen molar-refractivity contribution in [1.82, 2.24) is 15.3 Å². The first-order valence-electron chi connectivity index (χ1n) is 5.45. The van der Waals surface area contributed by atoms with Crippen LogP contribution in [-0.2, 0) is 0 Å². The lowest BCUT2D eigenvalue weighted by Crippen LogP contribution is -2.30. The number of hydrogen-bond donors (Lipinski definition) is 1. The van der Waals surface area contributed by atoms with Gasteiger partial charge in [0.05, 0.1) is 5.69 Å². The maximum absolute atomic E-state index is 4.31. The van der Waals surface area contributed by atoms with Crippen LogP contribution in [-0.4, -0.2) is 36.6 Å². The molecule has 0 radical (unpaired) electrons. The zero-order chi connectivity index (χ0) is 11.1. The van der Waals surface area contributed by atoms with E-state index in [2.05, 4.69) is 27.1 Å². The van der Waals surface area contributed by atoms with Crippen molar-refractivity contribution in [3.63, 3.8) is 0 Å². The molecule has 0 saturated heterocycles. The van der Waals surface area contributed by atoms with Crippen LogP contribution < -0.4 is 10.2 Å². The van der Waals surface area contributed by atoms with Gasteiger partial charge in [0.2, 0.25) is 0 Å². The summed E-state index contributed by atoms with van der Waals surface area (Å²) in [6.45, 7) is 7.18. The molecule has 0 fully saturated rings. The second-order valence-corrected chi connectivity index (χ2v) is 3.64. The predicted octanol–water partition coefficient (Wildman–Crippen LogP) is 1.22. The number of hydrogen-bond acceptors (Lipinski definition) is 4. The van der Waals surface area contributed by atoms with Crippen LogP contribution in [0.1, 0.15) is 19.0 Å². The van der Waals surface area contributed by atoms with E-state index in [0.717, 1.165) is 31.1 Å². The van der Waals surface area contributed by atoms with Crippen molar-refractivity contribution in [2.75, 3.05) is 31.6 Å². The Morgan fingerprint density at radius 1 is 1.27 bits per heavy atom. The number of nitrogens with one attached hydrogen (secondary N) is 1. The normalized spacial score (nSPS) is 10.3. The third-order valence-electron chi connectivity index (χ3n) is 2.27. The van der Waals surface area contributed by atoms with Crippen molar-refractivity contribution in [3.05, 3.63) is 18.1 Å². The molecule has 0 atom stereocenters. The predicted molar refractivity (Wildman–Crippen MR) is 63.2 cm³/mol. The molecule has 1 N–H and O–H groups in total.